The zero-order chi connectivity index (χ0) is 47.9. The van der Waals surface area contributed by atoms with Crippen LogP contribution < -0.4 is 15.1 Å². The van der Waals surface area contributed by atoms with Crippen LogP contribution in [0, 0.1) is 11.6 Å². The fraction of sp³-hybridized carbons (Fsp3) is 0.115. The molecule has 0 radical (unpaired) electrons. The lowest BCUT2D eigenvalue weighted by molar-refractivity contribution is -0.115. The number of hydrogen-bond acceptors (Lipinski definition) is 9. The van der Waals surface area contributed by atoms with E-state index in [2.05, 4.69) is 25.3 Å². The van der Waals surface area contributed by atoms with Gasteiger partial charge in [-0.1, -0.05) is 91.0 Å². The number of fused-ring (bicyclic) bond motifs is 2. The van der Waals surface area contributed by atoms with Gasteiger partial charge in [-0.3, -0.25) is 29.0 Å². The van der Waals surface area contributed by atoms with Crippen molar-refractivity contribution in [1.29, 1.82) is 0 Å². The monoisotopic (exact) mass is 929 g/mol. The zero-order valence-electron chi connectivity index (χ0n) is 36.9. The average molecular weight is 930 g/mol. The fourth-order valence-corrected chi connectivity index (χ4v) is 7.79. The number of nitrogens with one attached hydrogen (secondary N) is 1. The second-order valence-electron chi connectivity index (χ2n) is 15.7. The first-order valence-electron chi connectivity index (χ1n) is 21.3. The number of Topliss-reactive ketones (excluding diaryl/α,β-unsaturated/α-hetero) is 2. The Labute approximate surface area is 394 Å². The summed E-state index contributed by atoms with van der Waals surface area (Å²) in [6.45, 7) is 2.03. The molecule has 0 aliphatic rings. The van der Waals surface area contributed by atoms with Crippen molar-refractivity contribution in [2.75, 3.05) is 15.1 Å². The van der Waals surface area contributed by atoms with Crippen LogP contribution in [0.3, 0.4) is 0 Å². The van der Waals surface area contributed by atoms with Crippen molar-refractivity contribution < 1.29 is 28.0 Å². The van der Waals surface area contributed by atoms with Gasteiger partial charge < -0.3 is 14.5 Å². The van der Waals surface area contributed by atoms with Crippen LogP contribution in [0.1, 0.15) is 50.4 Å². The maximum absolute atomic E-state index is 13.7. The molecular weight excluding hydrogens is 888 g/mol. The van der Waals surface area contributed by atoms with E-state index in [0.29, 0.717) is 39.0 Å². The molecule has 1 N–H and O–H groups in total. The predicted molar refractivity (Wildman–Crippen MR) is 257 cm³/mol. The van der Waals surface area contributed by atoms with Crippen molar-refractivity contribution in [3.05, 3.63) is 209 Å². The van der Waals surface area contributed by atoms with Gasteiger partial charge in [-0.2, -0.15) is 4.98 Å². The number of ketones is 2. The maximum atomic E-state index is 13.7. The Balaban J connectivity index is 0.000000189. The molecule has 0 fully saturated rings. The van der Waals surface area contributed by atoms with Gasteiger partial charge >= 0.3 is 11.8 Å². The number of para-hydroxylation sites is 2. The van der Waals surface area contributed by atoms with Crippen LogP contribution in [0.4, 0.5) is 26.4 Å². The van der Waals surface area contributed by atoms with Crippen LogP contribution in [0.15, 0.2) is 164 Å². The van der Waals surface area contributed by atoms with Crippen molar-refractivity contribution in [2.24, 2.45) is 14.1 Å². The number of rotatable bonds is 13. The van der Waals surface area contributed by atoms with E-state index in [-0.39, 0.29) is 41.9 Å². The first-order chi connectivity index (χ1) is 32.8. The number of carbonyl (C=O) groups excluding carboxylic acids is 4. The molecule has 4 heterocycles. The second-order valence-corrected chi connectivity index (χ2v) is 16.1. The average Bonchev–Trinajstić information content (AvgIpc) is 3.88. The predicted octanol–water partition coefficient (Wildman–Crippen LogP) is 9.87. The maximum Gasteiger partial charge on any atom is 0.300 e. The Morgan fingerprint density at radius 2 is 1.03 bits per heavy atom. The second kappa shape index (κ2) is 20.4. The molecule has 4 aromatic heterocycles. The Morgan fingerprint density at radius 3 is 1.51 bits per heavy atom. The number of carbonyl (C=O) groups is 4. The number of amides is 2. The van der Waals surface area contributed by atoms with Gasteiger partial charge in [0.15, 0.2) is 0 Å². The quantitative estimate of drug-likeness (QED) is 0.0678. The summed E-state index contributed by atoms with van der Waals surface area (Å²) in [5.74, 6) is -2.89. The Hall–Kier alpha value is -8.43. The highest BCUT2D eigenvalue weighted by Crippen LogP contribution is 2.27. The fourth-order valence-electron chi connectivity index (χ4n) is 7.64. The van der Waals surface area contributed by atoms with Gasteiger partial charge in [0, 0.05) is 60.7 Å². The largest absolute Gasteiger partial charge is 0.350 e. The number of nitrogens with zero attached hydrogens (tertiary/aromatic N) is 8. The lowest BCUT2D eigenvalue weighted by Crippen LogP contribution is -2.37. The van der Waals surface area contributed by atoms with Crippen LogP contribution in [-0.4, -0.2) is 52.5 Å². The van der Waals surface area contributed by atoms with Crippen molar-refractivity contribution in [3.63, 3.8) is 0 Å². The SMILES string of the molecule is C[C@H](Nc1nccc(N(Cc2ccc(F)cc2)C(=O)C(=O)c2cn(C)c3ccccc23)n1)c1ccccc1.Cn1cc(C(=O)C(=O)N(Cc2ccc(F)cc2)c2ccnc(Cl)n2)c2ccccc21. The molecule has 13 nitrogen and oxygen atoms in total. The third kappa shape index (κ3) is 10.3. The molecule has 0 spiro atoms. The van der Waals surface area contributed by atoms with Gasteiger partial charge in [0.2, 0.25) is 11.2 Å². The molecule has 0 aliphatic carbocycles. The van der Waals surface area contributed by atoms with Crippen molar-refractivity contribution in [3.8, 4) is 0 Å². The van der Waals surface area contributed by atoms with Gasteiger partial charge in [-0.15, -0.1) is 0 Å². The lowest BCUT2D eigenvalue weighted by Gasteiger charge is -2.22. The summed E-state index contributed by atoms with van der Waals surface area (Å²) in [6.07, 6.45) is 6.23. The molecule has 9 rings (SSSR count). The van der Waals surface area contributed by atoms with E-state index in [4.69, 9.17) is 11.6 Å². The molecule has 0 unspecified atom stereocenters. The Bertz CT molecular complexity index is 3290. The first kappa shape index (κ1) is 46.1. The molecule has 68 heavy (non-hydrogen) atoms. The molecule has 16 heteroatoms. The van der Waals surface area contributed by atoms with E-state index in [0.717, 1.165) is 16.6 Å². The molecule has 2 amide bonds. The topological polar surface area (TPSA) is 148 Å². The Morgan fingerprint density at radius 1 is 0.588 bits per heavy atom. The van der Waals surface area contributed by atoms with Gasteiger partial charge in [0.25, 0.3) is 11.6 Å². The number of anilines is 3. The molecular formula is C52H42ClF2N9O4. The van der Waals surface area contributed by atoms with E-state index < -0.39 is 29.2 Å². The van der Waals surface area contributed by atoms with Gasteiger partial charge in [0.05, 0.1) is 30.3 Å². The van der Waals surface area contributed by atoms with Crippen LogP contribution in [0.25, 0.3) is 21.8 Å². The third-order valence-corrected chi connectivity index (χ3v) is 11.3. The van der Waals surface area contributed by atoms with Crippen LogP contribution in [0.5, 0.6) is 0 Å². The van der Waals surface area contributed by atoms with Gasteiger partial charge in [-0.05, 0) is 83.7 Å². The first-order valence-corrected chi connectivity index (χ1v) is 21.6. The summed E-state index contributed by atoms with van der Waals surface area (Å²) in [5, 5.41) is 4.57. The summed E-state index contributed by atoms with van der Waals surface area (Å²) in [5.41, 5.74) is 4.61. The minimum Gasteiger partial charge on any atom is -0.350 e. The van der Waals surface area contributed by atoms with Crippen molar-refractivity contribution >= 4 is 74.4 Å². The standard InChI is InChI=1S/C30H26FN5O2.C22H16ClFN4O2/c1-20(22-8-4-3-5-9-22)33-30-32-17-16-27(34-30)36(18-21-12-14-23(31)15-13-21)29(38)28(37)25-19-35(2)26-11-7-6-10-24(25)26;1-27-13-17(16-4-2-3-5-18(16)27)20(29)21(30)28(19-10-11-25-22(23)26-19)12-14-6-8-15(24)9-7-14/h3-17,19-20H,18H2,1-2H3,(H,32,33,34);2-11,13H,12H2,1H3/t20-;/m0./s1. The molecule has 0 bridgehead atoms. The van der Waals surface area contributed by atoms with Crippen molar-refractivity contribution in [2.45, 2.75) is 26.1 Å². The van der Waals surface area contributed by atoms with Crippen molar-refractivity contribution in [1.82, 2.24) is 29.1 Å². The summed E-state index contributed by atoms with van der Waals surface area (Å²) in [4.78, 5) is 73.0. The van der Waals surface area contributed by atoms with Gasteiger partial charge in [-0.25, -0.2) is 23.7 Å². The van der Waals surface area contributed by atoms with E-state index in [1.165, 1.54) is 52.5 Å². The lowest BCUT2D eigenvalue weighted by atomic mass is 10.1. The molecule has 0 saturated heterocycles. The minimum atomic E-state index is -0.773. The molecule has 0 aliphatic heterocycles. The van der Waals surface area contributed by atoms with E-state index >= 15 is 0 Å². The number of benzene rings is 5. The summed E-state index contributed by atoms with van der Waals surface area (Å²) in [7, 11) is 3.64. The highest BCUT2D eigenvalue weighted by Gasteiger charge is 2.30. The highest BCUT2D eigenvalue weighted by molar-refractivity contribution is 6.49. The number of hydrogen-bond donors (Lipinski definition) is 1. The van der Waals surface area contributed by atoms with E-state index in [1.54, 1.807) is 53.4 Å². The van der Waals surface area contributed by atoms with Crippen LogP contribution >= 0.6 is 11.6 Å². The molecule has 340 valence electrons. The summed E-state index contributed by atoms with van der Waals surface area (Å²) < 4.78 is 30.4. The smallest absolute Gasteiger partial charge is 0.300 e. The third-order valence-electron chi connectivity index (χ3n) is 11.1. The molecule has 0 saturated carbocycles. The highest BCUT2D eigenvalue weighted by atomic mass is 35.5. The van der Waals surface area contributed by atoms with Gasteiger partial charge in [0.1, 0.15) is 23.3 Å². The van der Waals surface area contributed by atoms with E-state index in [1.807, 2.05) is 98.4 Å². The summed E-state index contributed by atoms with van der Waals surface area (Å²) in [6, 6.07) is 39.0. The molecule has 5 aromatic carbocycles. The molecule has 1 atom stereocenters. The minimum absolute atomic E-state index is 0.0168. The number of aromatic nitrogens is 6. The normalized spacial score (nSPS) is 11.4. The number of halogens is 3. The summed E-state index contributed by atoms with van der Waals surface area (Å²) >= 11 is 5.90. The Kier molecular flexibility index (Phi) is 13.8. The van der Waals surface area contributed by atoms with Crippen LogP contribution in [-0.2, 0) is 36.8 Å². The molecule has 9 aromatic rings. The zero-order valence-corrected chi connectivity index (χ0v) is 37.7. The van der Waals surface area contributed by atoms with E-state index in [9.17, 15) is 28.0 Å². The van der Waals surface area contributed by atoms with Crippen LogP contribution in [0.2, 0.25) is 5.28 Å². The number of aryl methyl sites for hydroxylation is 2.